The fourth-order valence-corrected chi connectivity index (χ4v) is 1.58. The molecule has 0 aliphatic rings. The highest BCUT2D eigenvalue weighted by atomic mass is 79.9. The van der Waals surface area contributed by atoms with E-state index in [4.69, 9.17) is 5.11 Å². The average Bonchev–Trinajstić information content (AvgIpc) is 2.20. The van der Waals surface area contributed by atoms with Crippen molar-refractivity contribution in [2.75, 3.05) is 7.05 Å². The van der Waals surface area contributed by atoms with Crippen LogP contribution in [0.4, 0.5) is 4.39 Å². The number of carboxylic acid groups (broad SMARTS) is 1. The summed E-state index contributed by atoms with van der Waals surface area (Å²) in [6, 6.07) is 4.11. The topological polar surface area (TPSA) is 40.5 Å². The standard InChI is InChI=1S/C11H13BrFNO2/c1-7(11(15)16)14(2)6-8-3-4-9(12)5-10(8)13/h3-5,7H,6H2,1-2H3,(H,15,16). The van der Waals surface area contributed by atoms with Gasteiger partial charge < -0.3 is 5.11 Å². The summed E-state index contributed by atoms with van der Waals surface area (Å²) < 4.78 is 14.1. The fourth-order valence-electron chi connectivity index (χ4n) is 1.24. The smallest absolute Gasteiger partial charge is 0.320 e. The van der Waals surface area contributed by atoms with E-state index >= 15 is 0 Å². The second-order valence-electron chi connectivity index (χ2n) is 3.67. The van der Waals surface area contributed by atoms with Gasteiger partial charge in [-0.15, -0.1) is 0 Å². The Kier molecular flexibility index (Phi) is 4.44. The van der Waals surface area contributed by atoms with Crippen LogP contribution in [0.25, 0.3) is 0 Å². The molecule has 1 unspecified atom stereocenters. The monoisotopic (exact) mass is 289 g/mol. The Labute approximate surface area is 102 Å². The Balaban J connectivity index is 2.77. The summed E-state index contributed by atoms with van der Waals surface area (Å²) in [7, 11) is 1.65. The molecule has 1 N–H and O–H groups in total. The minimum absolute atomic E-state index is 0.270. The highest BCUT2D eigenvalue weighted by molar-refractivity contribution is 9.10. The van der Waals surface area contributed by atoms with E-state index < -0.39 is 12.0 Å². The summed E-state index contributed by atoms with van der Waals surface area (Å²) >= 11 is 3.17. The first-order chi connectivity index (χ1) is 7.41. The quantitative estimate of drug-likeness (QED) is 0.926. The first kappa shape index (κ1) is 13.1. The maximum atomic E-state index is 13.5. The summed E-state index contributed by atoms with van der Waals surface area (Å²) in [6.07, 6.45) is 0. The zero-order valence-electron chi connectivity index (χ0n) is 9.08. The molecule has 0 spiro atoms. The van der Waals surface area contributed by atoms with Crippen LogP contribution in [-0.4, -0.2) is 29.1 Å². The van der Waals surface area contributed by atoms with Crippen molar-refractivity contribution >= 4 is 21.9 Å². The van der Waals surface area contributed by atoms with Gasteiger partial charge in [-0.2, -0.15) is 0 Å². The zero-order valence-corrected chi connectivity index (χ0v) is 10.7. The summed E-state index contributed by atoms with van der Waals surface area (Å²) in [5.74, 6) is -1.25. The molecule has 0 aliphatic heterocycles. The second-order valence-corrected chi connectivity index (χ2v) is 4.58. The highest BCUT2D eigenvalue weighted by Gasteiger charge is 2.17. The molecular weight excluding hydrogens is 277 g/mol. The van der Waals surface area contributed by atoms with Crippen LogP contribution in [-0.2, 0) is 11.3 Å². The average molecular weight is 290 g/mol. The van der Waals surface area contributed by atoms with Crippen molar-refractivity contribution in [3.05, 3.63) is 34.1 Å². The van der Waals surface area contributed by atoms with E-state index in [1.807, 2.05) is 0 Å². The Morgan fingerprint density at radius 1 is 1.62 bits per heavy atom. The zero-order chi connectivity index (χ0) is 12.3. The van der Waals surface area contributed by atoms with E-state index in [9.17, 15) is 9.18 Å². The molecule has 0 bridgehead atoms. The van der Waals surface area contributed by atoms with Crippen molar-refractivity contribution in [3.63, 3.8) is 0 Å². The SMILES string of the molecule is CC(C(=O)O)N(C)Cc1ccc(Br)cc1F. The summed E-state index contributed by atoms with van der Waals surface area (Å²) in [4.78, 5) is 12.3. The highest BCUT2D eigenvalue weighted by Crippen LogP contribution is 2.17. The number of carbonyl (C=O) groups is 1. The second kappa shape index (κ2) is 5.41. The van der Waals surface area contributed by atoms with Gasteiger partial charge in [0.15, 0.2) is 0 Å². The molecule has 0 heterocycles. The minimum Gasteiger partial charge on any atom is -0.480 e. The number of benzene rings is 1. The van der Waals surface area contributed by atoms with Crippen LogP contribution in [0.2, 0.25) is 0 Å². The van der Waals surface area contributed by atoms with Crippen LogP contribution in [0.3, 0.4) is 0 Å². The van der Waals surface area contributed by atoms with Gasteiger partial charge in [0.25, 0.3) is 0 Å². The maximum absolute atomic E-state index is 13.5. The largest absolute Gasteiger partial charge is 0.480 e. The van der Waals surface area contributed by atoms with Crippen molar-refractivity contribution in [1.82, 2.24) is 4.90 Å². The molecule has 5 heteroatoms. The Hall–Kier alpha value is -0.940. The number of nitrogens with zero attached hydrogens (tertiary/aromatic N) is 1. The third-order valence-electron chi connectivity index (χ3n) is 2.45. The molecule has 88 valence electrons. The summed E-state index contributed by atoms with van der Waals surface area (Å²) in [5.41, 5.74) is 0.485. The molecule has 1 rings (SSSR count). The van der Waals surface area contributed by atoms with Gasteiger partial charge in [0, 0.05) is 16.6 Å². The maximum Gasteiger partial charge on any atom is 0.320 e. The van der Waals surface area contributed by atoms with Gasteiger partial charge in [0.1, 0.15) is 11.9 Å². The summed E-state index contributed by atoms with van der Waals surface area (Å²) in [5, 5.41) is 8.80. The lowest BCUT2D eigenvalue weighted by Gasteiger charge is -2.21. The molecule has 0 aromatic heterocycles. The van der Waals surface area contributed by atoms with E-state index in [1.54, 1.807) is 31.0 Å². The molecule has 0 fully saturated rings. The van der Waals surface area contributed by atoms with Crippen LogP contribution >= 0.6 is 15.9 Å². The van der Waals surface area contributed by atoms with Gasteiger partial charge in [-0.3, -0.25) is 9.69 Å². The molecule has 0 saturated carbocycles. The lowest BCUT2D eigenvalue weighted by atomic mass is 10.2. The third-order valence-corrected chi connectivity index (χ3v) is 2.95. The van der Waals surface area contributed by atoms with Crippen LogP contribution in [0.15, 0.2) is 22.7 Å². The third kappa shape index (κ3) is 3.28. The van der Waals surface area contributed by atoms with Gasteiger partial charge in [0.2, 0.25) is 0 Å². The van der Waals surface area contributed by atoms with Gasteiger partial charge in [-0.05, 0) is 26.1 Å². The molecule has 3 nitrogen and oxygen atoms in total. The van der Waals surface area contributed by atoms with Gasteiger partial charge in [-0.1, -0.05) is 22.0 Å². The van der Waals surface area contributed by atoms with Crippen LogP contribution in [0, 0.1) is 5.82 Å². The lowest BCUT2D eigenvalue weighted by Crippen LogP contribution is -2.35. The predicted octanol–water partition coefficient (Wildman–Crippen LogP) is 2.49. The molecule has 0 aliphatic carbocycles. The van der Waals surface area contributed by atoms with Gasteiger partial charge >= 0.3 is 5.97 Å². The molecule has 0 amide bonds. The molecular formula is C11H13BrFNO2. The lowest BCUT2D eigenvalue weighted by molar-refractivity contribution is -0.142. The van der Waals surface area contributed by atoms with E-state index in [2.05, 4.69) is 15.9 Å². The fraction of sp³-hybridized carbons (Fsp3) is 0.364. The number of likely N-dealkylation sites (N-methyl/N-ethyl adjacent to an activating group) is 1. The van der Waals surface area contributed by atoms with Gasteiger partial charge in [0.05, 0.1) is 0 Å². The first-order valence-electron chi connectivity index (χ1n) is 4.78. The molecule has 1 atom stereocenters. The van der Waals surface area contributed by atoms with Crippen LogP contribution in [0.1, 0.15) is 12.5 Å². The predicted molar refractivity (Wildman–Crippen MR) is 62.7 cm³/mol. The minimum atomic E-state index is -0.917. The number of halogens is 2. The van der Waals surface area contributed by atoms with Crippen molar-refractivity contribution in [3.8, 4) is 0 Å². The molecule has 1 aromatic carbocycles. The van der Waals surface area contributed by atoms with E-state index in [0.717, 1.165) is 0 Å². The first-order valence-corrected chi connectivity index (χ1v) is 5.58. The molecule has 1 aromatic rings. The Morgan fingerprint density at radius 3 is 2.75 bits per heavy atom. The van der Waals surface area contributed by atoms with Gasteiger partial charge in [-0.25, -0.2) is 4.39 Å². The molecule has 0 radical (unpaired) electrons. The Bertz CT molecular complexity index is 398. The summed E-state index contributed by atoms with van der Waals surface area (Å²) in [6.45, 7) is 1.84. The molecule has 0 saturated heterocycles. The number of carboxylic acids is 1. The number of hydrogen-bond donors (Lipinski definition) is 1. The van der Waals surface area contributed by atoms with Crippen LogP contribution < -0.4 is 0 Å². The van der Waals surface area contributed by atoms with Crippen molar-refractivity contribution in [1.29, 1.82) is 0 Å². The van der Waals surface area contributed by atoms with E-state index in [-0.39, 0.29) is 12.4 Å². The van der Waals surface area contributed by atoms with Crippen molar-refractivity contribution in [2.45, 2.75) is 19.5 Å². The number of aliphatic carboxylic acids is 1. The Morgan fingerprint density at radius 2 is 2.25 bits per heavy atom. The number of hydrogen-bond acceptors (Lipinski definition) is 2. The molecule has 16 heavy (non-hydrogen) atoms. The van der Waals surface area contributed by atoms with E-state index in [1.165, 1.54) is 6.07 Å². The van der Waals surface area contributed by atoms with E-state index in [0.29, 0.717) is 10.0 Å². The van der Waals surface area contributed by atoms with Crippen molar-refractivity contribution < 1.29 is 14.3 Å². The van der Waals surface area contributed by atoms with Crippen LogP contribution in [0.5, 0.6) is 0 Å². The van der Waals surface area contributed by atoms with Crippen molar-refractivity contribution in [2.24, 2.45) is 0 Å². The number of rotatable bonds is 4. The normalized spacial score (nSPS) is 12.8.